The van der Waals surface area contributed by atoms with Crippen LogP contribution in [-0.2, 0) is 0 Å². The highest BCUT2D eigenvalue weighted by molar-refractivity contribution is 8.03. The molecule has 0 spiro atoms. The Morgan fingerprint density at radius 2 is 0.912 bits per heavy atom. The van der Waals surface area contributed by atoms with Crippen LogP contribution in [-0.4, -0.2) is 21.5 Å². The molecule has 6 rings (SSSR count). The third kappa shape index (κ3) is 3.79. The Morgan fingerprint density at radius 1 is 0.500 bits per heavy atom. The van der Waals surface area contributed by atoms with E-state index in [1.807, 2.05) is 59.9 Å². The van der Waals surface area contributed by atoms with Crippen molar-refractivity contribution in [3.63, 3.8) is 0 Å². The first-order valence-electron chi connectivity index (χ1n) is 11.1. The zero-order chi connectivity index (χ0) is 23.1. The molecule has 6 heteroatoms. The Balaban J connectivity index is 1.33. The summed E-state index contributed by atoms with van der Waals surface area (Å²) in [6.07, 6.45) is 0. The number of nitrogen functional groups attached to an aromatic ring is 2. The second-order valence-corrected chi connectivity index (χ2v) is 10.4. The highest BCUT2D eigenvalue weighted by Gasteiger charge is 2.12. The predicted octanol–water partition coefficient (Wildman–Crippen LogP) is 7.14. The Morgan fingerprint density at radius 3 is 1.38 bits per heavy atom. The molecule has 0 aliphatic heterocycles. The van der Waals surface area contributed by atoms with E-state index in [4.69, 9.17) is 21.4 Å². The van der Waals surface area contributed by atoms with Gasteiger partial charge in [0.2, 0.25) is 0 Å². The van der Waals surface area contributed by atoms with E-state index in [9.17, 15) is 0 Å². The van der Waals surface area contributed by atoms with Gasteiger partial charge in [-0.3, -0.25) is 0 Å². The van der Waals surface area contributed by atoms with Gasteiger partial charge in [-0.05, 0) is 48.5 Å². The minimum absolute atomic E-state index is 0.735. The van der Waals surface area contributed by atoms with E-state index in [1.165, 1.54) is 20.6 Å². The molecule has 0 atom stereocenters. The number of rotatable bonds is 5. The van der Waals surface area contributed by atoms with E-state index in [-0.39, 0.29) is 0 Å². The molecule has 0 aliphatic rings. The summed E-state index contributed by atoms with van der Waals surface area (Å²) in [7, 11) is 0. The monoisotopic (exact) mass is 478 g/mol. The van der Waals surface area contributed by atoms with Gasteiger partial charge in [0.05, 0.1) is 22.1 Å². The number of hydrogen-bond acceptors (Lipinski definition) is 6. The third-order valence-electron chi connectivity index (χ3n) is 5.89. The molecular formula is C28H22N4S2. The van der Waals surface area contributed by atoms with Crippen molar-refractivity contribution in [1.82, 2.24) is 9.97 Å². The number of aromatic nitrogens is 2. The van der Waals surface area contributed by atoms with E-state index < -0.39 is 0 Å². The van der Waals surface area contributed by atoms with Gasteiger partial charge in [-0.15, -0.1) is 23.5 Å². The van der Waals surface area contributed by atoms with Crippen LogP contribution in [0.1, 0.15) is 0 Å². The van der Waals surface area contributed by atoms with Gasteiger partial charge < -0.3 is 11.5 Å². The Labute approximate surface area is 205 Å². The third-order valence-corrected chi connectivity index (χ3v) is 8.42. The first-order chi connectivity index (χ1) is 16.7. The Kier molecular flexibility index (Phi) is 5.40. The Hall–Kier alpha value is -3.48. The maximum absolute atomic E-state index is 6.04. The van der Waals surface area contributed by atoms with Gasteiger partial charge in [-0.1, -0.05) is 36.4 Å². The molecule has 4 aromatic carbocycles. The molecule has 0 aliphatic carbocycles. The molecule has 0 saturated heterocycles. The molecule has 34 heavy (non-hydrogen) atoms. The number of nitrogens with zero attached hydrogens (tertiary/aromatic N) is 2. The van der Waals surface area contributed by atoms with E-state index in [0.717, 1.165) is 55.7 Å². The molecule has 0 amide bonds. The summed E-state index contributed by atoms with van der Waals surface area (Å²) in [6, 6.07) is 28.7. The second kappa shape index (κ2) is 8.70. The standard InChI is InChI=1S/C28H22N4S2/c29-17-9-11-21-25(15-17)31-23-7-3-1-5-19(23)27(21)33-13-14-34-28-20-6-2-4-8-24(20)32-26-16-18(30)10-12-22(26)28/h1-12,15-16H,13-14,29-30H2. The fourth-order valence-corrected chi connectivity index (χ4v) is 6.73. The fourth-order valence-electron chi connectivity index (χ4n) is 4.34. The number of fused-ring (bicyclic) bond motifs is 4. The van der Waals surface area contributed by atoms with Crippen LogP contribution < -0.4 is 11.5 Å². The molecular weight excluding hydrogens is 456 g/mol. The van der Waals surface area contributed by atoms with Gasteiger partial charge in [0, 0.05) is 54.2 Å². The lowest BCUT2D eigenvalue weighted by Crippen LogP contribution is -1.93. The van der Waals surface area contributed by atoms with Crippen LogP contribution in [0.4, 0.5) is 11.4 Å². The molecule has 2 heterocycles. The van der Waals surface area contributed by atoms with E-state index >= 15 is 0 Å². The van der Waals surface area contributed by atoms with Gasteiger partial charge in [0.1, 0.15) is 0 Å². The maximum atomic E-state index is 6.04. The molecule has 0 radical (unpaired) electrons. The van der Waals surface area contributed by atoms with Crippen molar-refractivity contribution in [2.24, 2.45) is 0 Å². The van der Waals surface area contributed by atoms with E-state index in [2.05, 4.69) is 48.5 Å². The zero-order valence-corrected chi connectivity index (χ0v) is 20.0. The van der Waals surface area contributed by atoms with Crippen LogP contribution in [0.15, 0.2) is 94.7 Å². The fraction of sp³-hybridized carbons (Fsp3) is 0.0714. The van der Waals surface area contributed by atoms with Crippen molar-refractivity contribution in [3.05, 3.63) is 84.9 Å². The van der Waals surface area contributed by atoms with Gasteiger partial charge >= 0.3 is 0 Å². The van der Waals surface area contributed by atoms with Crippen LogP contribution in [0.2, 0.25) is 0 Å². The number of benzene rings is 4. The van der Waals surface area contributed by atoms with E-state index in [1.54, 1.807) is 0 Å². The summed E-state index contributed by atoms with van der Waals surface area (Å²) >= 11 is 3.76. The molecule has 0 unspecified atom stereocenters. The predicted molar refractivity (Wildman–Crippen MR) is 149 cm³/mol. The van der Waals surface area contributed by atoms with E-state index in [0.29, 0.717) is 0 Å². The summed E-state index contributed by atoms with van der Waals surface area (Å²) in [5.74, 6) is 1.93. The molecule has 6 aromatic rings. The Bertz CT molecular complexity index is 1570. The van der Waals surface area contributed by atoms with Crippen LogP contribution in [0.25, 0.3) is 43.6 Å². The average Bonchev–Trinajstić information content (AvgIpc) is 2.85. The zero-order valence-electron chi connectivity index (χ0n) is 18.4. The number of pyridine rings is 2. The van der Waals surface area contributed by atoms with Crippen molar-refractivity contribution < 1.29 is 0 Å². The number of nitrogens with two attached hydrogens (primary N) is 2. The lowest BCUT2D eigenvalue weighted by Gasteiger charge is -2.13. The topological polar surface area (TPSA) is 77.8 Å². The van der Waals surface area contributed by atoms with Crippen LogP contribution >= 0.6 is 23.5 Å². The minimum Gasteiger partial charge on any atom is -0.399 e. The quantitative estimate of drug-likeness (QED) is 0.119. The van der Waals surface area contributed by atoms with Crippen molar-refractivity contribution in [1.29, 1.82) is 0 Å². The first kappa shape index (κ1) is 21.1. The molecule has 2 aromatic heterocycles. The van der Waals surface area contributed by atoms with Crippen LogP contribution in [0.5, 0.6) is 0 Å². The van der Waals surface area contributed by atoms with Gasteiger partial charge in [0.25, 0.3) is 0 Å². The number of para-hydroxylation sites is 2. The summed E-state index contributed by atoms with van der Waals surface area (Å²) in [4.78, 5) is 12.2. The number of anilines is 2. The van der Waals surface area contributed by atoms with Crippen molar-refractivity contribution in [2.45, 2.75) is 9.79 Å². The van der Waals surface area contributed by atoms with Crippen molar-refractivity contribution in [2.75, 3.05) is 23.0 Å². The lowest BCUT2D eigenvalue weighted by molar-refractivity contribution is 1.43. The van der Waals surface area contributed by atoms with Crippen LogP contribution in [0, 0.1) is 0 Å². The highest BCUT2D eigenvalue weighted by Crippen LogP contribution is 2.38. The smallest absolute Gasteiger partial charge is 0.0741 e. The molecule has 0 bridgehead atoms. The number of hydrogen-bond donors (Lipinski definition) is 2. The van der Waals surface area contributed by atoms with Gasteiger partial charge in [-0.25, -0.2) is 9.97 Å². The minimum atomic E-state index is 0.735. The van der Waals surface area contributed by atoms with Gasteiger partial charge in [-0.2, -0.15) is 0 Å². The summed E-state index contributed by atoms with van der Waals surface area (Å²) in [5.41, 5.74) is 17.4. The SMILES string of the molecule is Nc1ccc2c(SCCSc3c4ccccc4nc4cc(N)ccc34)c3ccccc3nc2c1. The molecule has 0 saturated carbocycles. The lowest BCUT2D eigenvalue weighted by atomic mass is 10.1. The van der Waals surface area contributed by atoms with Crippen LogP contribution in [0.3, 0.4) is 0 Å². The van der Waals surface area contributed by atoms with Crippen molar-refractivity contribution in [3.8, 4) is 0 Å². The summed E-state index contributed by atoms with van der Waals surface area (Å²) < 4.78 is 0. The number of thioether (sulfide) groups is 2. The maximum Gasteiger partial charge on any atom is 0.0741 e. The summed E-state index contributed by atoms with van der Waals surface area (Å²) in [5, 5.41) is 4.67. The van der Waals surface area contributed by atoms with Crippen molar-refractivity contribution >= 4 is 78.5 Å². The second-order valence-electron chi connectivity index (χ2n) is 8.17. The summed E-state index contributed by atoms with van der Waals surface area (Å²) in [6.45, 7) is 0. The molecule has 4 N–H and O–H groups in total. The normalized spacial score (nSPS) is 11.6. The molecule has 0 fully saturated rings. The average molecular weight is 479 g/mol. The molecule has 166 valence electrons. The largest absolute Gasteiger partial charge is 0.399 e. The van der Waals surface area contributed by atoms with Gasteiger partial charge in [0.15, 0.2) is 0 Å². The highest BCUT2D eigenvalue weighted by atomic mass is 32.2. The molecule has 4 nitrogen and oxygen atoms in total. The first-order valence-corrected chi connectivity index (χ1v) is 13.1.